The van der Waals surface area contributed by atoms with Gasteiger partial charge in [0.1, 0.15) is 5.60 Å². The second-order valence-electron chi connectivity index (χ2n) is 6.79. The van der Waals surface area contributed by atoms with Crippen molar-refractivity contribution in [1.29, 1.82) is 0 Å². The lowest BCUT2D eigenvalue weighted by Gasteiger charge is -2.46. The minimum absolute atomic E-state index is 0.127. The highest BCUT2D eigenvalue weighted by Crippen LogP contribution is 2.44. The van der Waals surface area contributed by atoms with E-state index >= 15 is 0 Å². The average Bonchev–Trinajstić information content (AvgIpc) is 2.37. The lowest BCUT2D eigenvalue weighted by molar-refractivity contribution is -0.0735. The third kappa shape index (κ3) is 3.58. The maximum Gasteiger partial charge on any atom is 0.404 e. The summed E-state index contributed by atoms with van der Waals surface area (Å²) >= 11 is 5.33. The fraction of sp³-hybridized carbons (Fsp3) is 0.588. The molecule has 1 aromatic rings. The molecule has 0 aromatic heterocycles. The van der Waals surface area contributed by atoms with E-state index in [0.29, 0.717) is 12.8 Å². The van der Waals surface area contributed by atoms with E-state index in [9.17, 15) is 9.90 Å². The standard InChI is InChI=1S/C17H23ClO3/c1-16(2,12-7-5-4-6-8-12)13-9-10-17(3,11-14(13)19)21-15(18)20/h4-8,13-14,19H,9-11H2,1-3H3/t13-,14-,17-/m1/s1. The topological polar surface area (TPSA) is 46.5 Å². The number of benzene rings is 1. The quantitative estimate of drug-likeness (QED) is 0.849. The Hall–Kier alpha value is -1.06. The van der Waals surface area contributed by atoms with Crippen LogP contribution in [-0.2, 0) is 10.2 Å². The van der Waals surface area contributed by atoms with Gasteiger partial charge in [-0.05, 0) is 36.7 Å². The van der Waals surface area contributed by atoms with Gasteiger partial charge in [0.2, 0.25) is 0 Å². The second-order valence-corrected chi connectivity index (χ2v) is 7.10. The molecular weight excluding hydrogens is 288 g/mol. The molecule has 1 aromatic carbocycles. The van der Waals surface area contributed by atoms with Crippen LogP contribution in [0.5, 0.6) is 0 Å². The zero-order valence-corrected chi connectivity index (χ0v) is 13.6. The first kappa shape index (κ1) is 16.3. The van der Waals surface area contributed by atoms with Gasteiger partial charge in [0.05, 0.1) is 6.10 Å². The third-order valence-electron chi connectivity index (χ3n) is 4.86. The maximum atomic E-state index is 11.0. The summed E-state index contributed by atoms with van der Waals surface area (Å²) in [6, 6.07) is 10.2. The zero-order valence-electron chi connectivity index (χ0n) is 12.8. The number of aliphatic hydroxyl groups excluding tert-OH is 1. The Morgan fingerprint density at radius 1 is 1.38 bits per heavy atom. The van der Waals surface area contributed by atoms with Crippen molar-refractivity contribution in [3.05, 3.63) is 35.9 Å². The van der Waals surface area contributed by atoms with Crippen molar-refractivity contribution in [2.45, 2.75) is 57.2 Å². The van der Waals surface area contributed by atoms with Gasteiger partial charge in [0, 0.05) is 18.0 Å². The lowest BCUT2D eigenvalue weighted by Crippen LogP contribution is -2.48. The van der Waals surface area contributed by atoms with Crippen molar-refractivity contribution >= 4 is 17.0 Å². The maximum absolute atomic E-state index is 11.0. The van der Waals surface area contributed by atoms with Gasteiger partial charge >= 0.3 is 5.43 Å². The van der Waals surface area contributed by atoms with Crippen LogP contribution in [0.1, 0.15) is 45.6 Å². The molecule has 0 aliphatic heterocycles. The summed E-state index contributed by atoms with van der Waals surface area (Å²) in [7, 11) is 0. The largest absolute Gasteiger partial charge is 0.447 e. The normalized spacial score (nSPS) is 30.0. The molecule has 0 amide bonds. The van der Waals surface area contributed by atoms with Crippen LogP contribution >= 0.6 is 11.6 Å². The molecule has 0 radical (unpaired) electrons. The number of aliphatic hydroxyl groups is 1. The number of ether oxygens (including phenoxy) is 1. The fourth-order valence-electron chi connectivity index (χ4n) is 3.55. The first-order valence-electron chi connectivity index (χ1n) is 7.37. The monoisotopic (exact) mass is 310 g/mol. The number of halogens is 1. The van der Waals surface area contributed by atoms with E-state index in [1.54, 1.807) is 0 Å². The van der Waals surface area contributed by atoms with Gasteiger partial charge in [-0.2, -0.15) is 0 Å². The predicted molar refractivity (Wildman–Crippen MR) is 83.6 cm³/mol. The van der Waals surface area contributed by atoms with Crippen LogP contribution < -0.4 is 0 Å². The Bertz CT molecular complexity index is 500. The molecule has 21 heavy (non-hydrogen) atoms. The predicted octanol–water partition coefficient (Wildman–Crippen LogP) is 4.26. The Kier molecular flexibility index (Phi) is 4.64. The molecule has 3 nitrogen and oxygen atoms in total. The van der Waals surface area contributed by atoms with Crippen LogP contribution in [0.25, 0.3) is 0 Å². The summed E-state index contributed by atoms with van der Waals surface area (Å²) in [5, 5.41) is 10.6. The van der Waals surface area contributed by atoms with E-state index in [-0.39, 0.29) is 11.3 Å². The van der Waals surface area contributed by atoms with Crippen molar-refractivity contribution in [2.75, 3.05) is 0 Å². The highest BCUT2D eigenvalue weighted by atomic mass is 35.5. The van der Waals surface area contributed by atoms with Crippen molar-refractivity contribution in [3.8, 4) is 0 Å². The molecule has 2 rings (SSSR count). The molecule has 1 fully saturated rings. The number of hydrogen-bond donors (Lipinski definition) is 1. The van der Waals surface area contributed by atoms with Gasteiger partial charge in [0.15, 0.2) is 0 Å². The Balaban J connectivity index is 2.15. The molecule has 0 bridgehead atoms. The lowest BCUT2D eigenvalue weighted by atomic mass is 9.63. The molecule has 4 heteroatoms. The zero-order chi connectivity index (χ0) is 15.7. The van der Waals surface area contributed by atoms with Gasteiger partial charge in [0.25, 0.3) is 0 Å². The van der Waals surface area contributed by atoms with E-state index < -0.39 is 17.1 Å². The summed E-state index contributed by atoms with van der Waals surface area (Å²) in [6.45, 7) is 6.15. The molecule has 1 N–H and O–H groups in total. The molecule has 3 atom stereocenters. The van der Waals surface area contributed by atoms with Crippen LogP contribution in [-0.4, -0.2) is 22.2 Å². The Labute approximate surface area is 131 Å². The van der Waals surface area contributed by atoms with E-state index in [2.05, 4.69) is 26.0 Å². The van der Waals surface area contributed by atoms with Crippen LogP contribution in [0, 0.1) is 5.92 Å². The summed E-state index contributed by atoms with van der Waals surface area (Å²) in [5.74, 6) is 0.127. The summed E-state index contributed by atoms with van der Waals surface area (Å²) in [6.07, 6.45) is 1.41. The van der Waals surface area contributed by atoms with Gasteiger partial charge in [-0.1, -0.05) is 44.2 Å². The van der Waals surface area contributed by atoms with Gasteiger partial charge < -0.3 is 9.84 Å². The molecule has 0 unspecified atom stereocenters. The van der Waals surface area contributed by atoms with E-state index in [4.69, 9.17) is 16.3 Å². The Morgan fingerprint density at radius 3 is 2.52 bits per heavy atom. The minimum Gasteiger partial charge on any atom is -0.447 e. The van der Waals surface area contributed by atoms with E-state index in [1.165, 1.54) is 5.56 Å². The SMILES string of the molecule is CC(C)(c1ccccc1)[C@@H]1CC[C@@](C)(OC(=O)Cl)C[C@H]1O. The molecule has 0 saturated heterocycles. The summed E-state index contributed by atoms with van der Waals surface area (Å²) in [4.78, 5) is 11.0. The molecule has 1 saturated carbocycles. The number of carbonyl (C=O) groups excluding carboxylic acids is 1. The first-order valence-corrected chi connectivity index (χ1v) is 7.74. The molecule has 0 spiro atoms. The van der Waals surface area contributed by atoms with Crippen LogP contribution in [0.4, 0.5) is 4.79 Å². The van der Waals surface area contributed by atoms with Crippen LogP contribution in [0.2, 0.25) is 0 Å². The number of rotatable bonds is 3. The Morgan fingerprint density at radius 2 is 2.00 bits per heavy atom. The van der Waals surface area contributed by atoms with Gasteiger partial charge in [-0.3, -0.25) is 0 Å². The number of hydrogen-bond acceptors (Lipinski definition) is 3. The van der Waals surface area contributed by atoms with E-state index in [0.717, 1.165) is 6.42 Å². The molecular formula is C17H23ClO3. The highest BCUT2D eigenvalue weighted by molar-refractivity contribution is 6.61. The molecule has 0 heterocycles. The first-order chi connectivity index (χ1) is 9.74. The smallest absolute Gasteiger partial charge is 0.404 e. The van der Waals surface area contributed by atoms with Gasteiger partial charge in [-0.15, -0.1) is 0 Å². The highest BCUT2D eigenvalue weighted by Gasteiger charge is 2.45. The van der Waals surface area contributed by atoms with Crippen molar-refractivity contribution in [3.63, 3.8) is 0 Å². The fourth-order valence-corrected chi connectivity index (χ4v) is 3.74. The third-order valence-corrected chi connectivity index (χ3v) is 4.94. The molecule has 116 valence electrons. The van der Waals surface area contributed by atoms with Gasteiger partial charge in [-0.25, -0.2) is 4.79 Å². The summed E-state index contributed by atoms with van der Waals surface area (Å²) < 4.78 is 5.18. The average molecular weight is 311 g/mol. The molecule has 1 aliphatic rings. The second kappa shape index (κ2) is 5.98. The van der Waals surface area contributed by atoms with E-state index in [1.807, 2.05) is 25.1 Å². The van der Waals surface area contributed by atoms with Crippen molar-refractivity contribution in [2.24, 2.45) is 5.92 Å². The minimum atomic E-state index is -0.800. The molecule has 1 aliphatic carbocycles. The van der Waals surface area contributed by atoms with Crippen molar-refractivity contribution < 1.29 is 14.6 Å². The summed E-state index contributed by atoms with van der Waals surface area (Å²) in [5.41, 5.74) is -0.383. The number of carbonyl (C=O) groups is 1. The van der Waals surface area contributed by atoms with Crippen molar-refractivity contribution in [1.82, 2.24) is 0 Å². The van der Waals surface area contributed by atoms with Crippen LogP contribution in [0.3, 0.4) is 0 Å². The van der Waals surface area contributed by atoms with Crippen LogP contribution in [0.15, 0.2) is 30.3 Å².